The Morgan fingerprint density at radius 3 is 2.67 bits per heavy atom. The molecule has 1 amide bonds. The number of rotatable bonds is 1. The molecule has 7 atom stereocenters. The quantitative estimate of drug-likeness (QED) is 0.691. The van der Waals surface area contributed by atoms with Crippen LogP contribution in [0.3, 0.4) is 0 Å². The average Bonchev–Trinajstić information content (AvgIpc) is 2.88. The van der Waals surface area contributed by atoms with E-state index in [-0.39, 0.29) is 29.3 Å². The van der Waals surface area contributed by atoms with Gasteiger partial charge in [-0.3, -0.25) is 4.79 Å². The highest BCUT2D eigenvalue weighted by atomic mass is 16.3. The second-order valence-electron chi connectivity index (χ2n) is 9.20. The summed E-state index contributed by atoms with van der Waals surface area (Å²) in [5, 5.41) is 23.6. The van der Waals surface area contributed by atoms with Crippen LogP contribution >= 0.6 is 0 Å². The number of fused-ring (bicyclic) bond motifs is 4. The number of amides is 1. The Kier molecular flexibility index (Phi) is 3.67. The molecule has 4 heteroatoms. The Hall–Kier alpha value is -0.870. The molecule has 2 saturated carbocycles. The molecule has 134 valence electrons. The third-order valence-corrected chi connectivity index (χ3v) is 8.10. The summed E-state index contributed by atoms with van der Waals surface area (Å²) in [6.07, 6.45) is 6.14. The van der Waals surface area contributed by atoms with Gasteiger partial charge >= 0.3 is 0 Å². The van der Waals surface area contributed by atoms with E-state index in [1.165, 1.54) is 11.3 Å². The molecular formula is C20H31NO3. The molecule has 3 N–H and O–H groups in total. The van der Waals surface area contributed by atoms with Gasteiger partial charge in [0.05, 0.1) is 17.6 Å². The number of aliphatic hydroxyl groups is 2. The molecule has 1 heterocycles. The zero-order valence-corrected chi connectivity index (χ0v) is 15.1. The van der Waals surface area contributed by atoms with Gasteiger partial charge in [-0.15, -0.1) is 0 Å². The summed E-state index contributed by atoms with van der Waals surface area (Å²) in [5.41, 5.74) is 2.18. The van der Waals surface area contributed by atoms with E-state index in [0.717, 1.165) is 44.9 Å². The fourth-order valence-electron chi connectivity index (χ4n) is 6.59. The molecule has 4 rings (SSSR count). The zero-order valence-electron chi connectivity index (χ0n) is 15.1. The van der Waals surface area contributed by atoms with Crippen LogP contribution in [0.2, 0.25) is 0 Å². The molecule has 0 aromatic carbocycles. The summed E-state index contributed by atoms with van der Waals surface area (Å²) in [4.78, 5) is 13.1. The first-order chi connectivity index (χ1) is 11.3. The third-order valence-electron chi connectivity index (χ3n) is 8.10. The van der Waals surface area contributed by atoms with Gasteiger partial charge in [-0.25, -0.2) is 0 Å². The highest BCUT2D eigenvalue weighted by molar-refractivity contribution is 5.87. The largest absolute Gasteiger partial charge is 0.393 e. The molecule has 0 saturated heterocycles. The van der Waals surface area contributed by atoms with Crippen LogP contribution in [0.15, 0.2) is 11.3 Å². The summed E-state index contributed by atoms with van der Waals surface area (Å²) in [6, 6.07) is 0. The highest BCUT2D eigenvalue weighted by Gasteiger charge is 2.60. The summed E-state index contributed by atoms with van der Waals surface area (Å²) in [6.45, 7) is 6.19. The lowest BCUT2D eigenvalue weighted by atomic mass is 9.55. The Bertz CT molecular complexity index is 598. The van der Waals surface area contributed by atoms with Crippen molar-refractivity contribution in [2.75, 3.05) is 0 Å². The van der Waals surface area contributed by atoms with E-state index < -0.39 is 11.5 Å². The Morgan fingerprint density at radius 2 is 1.96 bits per heavy atom. The van der Waals surface area contributed by atoms with Crippen molar-refractivity contribution in [3.8, 4) is 0 Å². The minimum absolute atomic E-state index is 0.00667. The van der Waals surface area contributed by atoms with E-state index in [4.69, 9.17) is 0 Å². The van der Waals surface area contributed by atoms with Crippen molar-refractivity contribution in [2.24, 2.45) is 28.6 Å². The fourth-order valence-corrected chi connectivity index (χ4v) is 6.59. The average molecular weight is 333 g/mol. The van der Waals surface area contributed by atoms with E-state index >= 15 is 0 Å². The summed E-state index contributed by atoms with van der Waals surface area (Å²) in [7, 11) is 0. The SMILES string of the molecule is C[C@H](O)[C@@H]1CC[C@H]2C3=C(NC(=O)[C@@]21C)[C@@]1(C)CC[C@H](O)C[C@@H]1CC3. The maximum absolute atomic E-state index is 13.1. The predicted molar refractivity (Wildman–Crippen MR) is 91.9 cm³/mol. The van der Waals surface area contributed by atoms with Crippen molar-refractivity contribution >= 4 is 5.91 Å². The lowest BCUT2D eigenvalue weighted by molar-refractivity contribution is -0.138. The van der Waals surface area contributed by atoms with Gasteiger partial charge in [0.2, 0.25) is 5.91 Å². The minimum Gasteiger partial charge on any atom is -0.393 e. The number of aliphatic hydroxyl groups excluding tert-OH is 2. The third kappa shape index (κ3) is 2.02. The monoisotopic (exact) mass is 333 g/mol. The predicted octanol–water partition coefficient (Wildman–Crippen LogP) is 2.74. The lowest BCUT2D eigenvalue weighted by Crippen LogP contribution is -2.56. The van der Waals surface area contributed by atoms with Gasteiger partial charge in [0.25, 0.3) is 0 Å². The van der Waals surface area contributed by atoms with Crippen LogP contribution in [0.5, 0.6) is 0 Å². The van der Waals surface area contributed by atoms with E-state index in [9.17, 15) is 15.0 Å². The molecule has 0 aromatic rings. The topological polar surface area (TPSA) is 69.6 Å². The molecule has 3 aliphatic carbocycles. The van der Waals surface area contributed by atoms with E-state index in [0.29, 0.717) is 5.92 Å². The normalized spacial score (nSPS) is 49.1. The molecule has 0 unspecified atom stereocenters. The second-order valence-corrected chi connectivity index (χ2v) is 9.20. The van der Waals surface area contributed by atoms with Gasteiger partial charge in [-0.05, 0) is 82.1 Å². The molecule has 0 bridgehead atoms. The molecule has 24 heavy (non-hydrogen) atoms. The van der Waals surface area contributed by atoms with Gasteiger partial charge in [-0.2, -0.15) is 0 Å². The van der Waals surface area contributed by atoms with Crippen LogP contribution < -0.4 is 5.32 Å². The van der Waals surface area contributed by atoms with Crippen molar-refractivity contribution in [1.82, 2.24) is 5.32 Å². The number of hydrogen-bond donors (Lipinski definition) is 3. The molecular weight excluding hydrogens is 302 g/mol. The Labute approximate surface area is 144 Å². The number of hydrogen-bond acceptors (Lipinski definition) is 3. The van der Waals surface area contributed by atoms with E-state index in [2.05, 4.69) is 19.2 Å². The van der Waals surface area contributed by atoms with Crippen LogP contribution in [-0.2, 0) is 4.79 Å². The lowest BCUT2D eigenvalue weighted by Gasteiger charge is -2.54. The number of carbonyl (C=O) groups excluding carboxylic acids is 1. The van der Waals surface area contributed by atoms with Gasteiger partial charge in [0.15, 0.2) is 0 Å². The maximum Gasteiger partial charge on any atom is 0.231 e. The number of carbonyl (C=O) groups is 1. The highest BCUT2D eigenvalue weighted by Crippen LogP contribution is 2.61. The molecule has 1 aliphatic heterocycles. The Morgan fingerprint density at radius 1 is 1.21 bits per heavy atom. The summed E-state index contributed by atoms with van der Waals surface area (Å²) in [5.74, 6) is 0.919. The van der Waals surface area contributed by atoms with Crippen LogP contribution in [0.1, 0.15) is 65.7 Å². The Balaban J connectivity index is 1.76. The van der Waals surface area contributed by atoms with Crippen molar-refractivity contribution < 1.29 is 15.0 Å². The van der Waals surface area contributed by atoms with Gasteiger partial charge in [0.1, 0.15) is 0 Å². The summed E-state index contributed by atoms with van der Waals surface area (Å²) >= 11 is 0. The summed E-state index contributed by atoms with van der Waals surface area (Å²) < 4.78 is 0. The second kappa shape index (κ2) is 5.31. The van der Waals surface area contributed by atoms with Crippen molar-refractivity contribution in [2.45, 2.75) is 77.9 Å². The molecule has 2 fully saturated rings. The molecule has 4 nitrogen and oxygen atoms in total. The van der Waals surface area contributed by atoms with Gasteiger partial charge in [-0.1, -0.05) is 6.92 Å². The zero-order chi connectivity index (χ0) is 17.3. The molecule has 0 spiro atoms. The first kappa shape index (κ1) is 16.6. The van der Waals surface area contributed by atoms with Crippen LogP contribution in [0, 0.1) is 28.6 Å². The fraction of sp³-hybridized carbons (Fsp3) is 0.850. The smallest absolute Gasteiger partial charge is 0.231 e. The van der Waals surface area contributed by atoms with Gasteiger partial charge < -0.3 is 15.5 Å². The number of nitrogens with one attached hydrogen (secondary N) is 1. The molecule has 0 radical (unpaired) electrons. The van der Waals surface area contributed by atoms with Crippen molar-refractivity contribution in [1.29, 1.82) is 0 Å². The van der Waals surface area contributed by atoms with Crippen molar-refractivity contribution in [3.63, 3.8) is 0 Å². The maximum atomic E-state index is 13.1. The van der Waals surface area contributed by atoms with Crippen molar-refractivity contribution in [3.05, 3.63) is 11.3 Å². The molecule has 0 aromatic heterocycles. The van der Waals surface area contributed by atoms with E-state index in [1.54, 1.807) is 0 Å². The standard InChI is InChI=1S/C20H31NO3/c1-11(22)15-6-7-16-14-5-4-12-10-13(23)8-9-19(12,2)17(14)21-18(24)20(15,16)3/h11-13,15-16,22-23H,4-10H2,1-3H3,(H,21,24)/t11-,12-,13-,15-,16-,19-,20+/m0/s1. The van der Waals surface area contributed by atoms with Crippen LogP contribution in [-0.4, -0.2) is 28.3 Å². The molecule has 4 aliphatic rings. The van der Waals surface area contributed by atoms with Crippen LogP contribution in [0.25, 0.3) is 0 Å². The number of allylic oxidation sites excluding steroid dienone is 2. The van der Waals surface area contributed by atoms with Crippen LogP contribution in [0.4, 0.5) is 0 Å². The van der Waals surface area contributed by atoms with E-state index in [1.807, 2.05) is 6.92 Å². The minimum atomic E-state index is -0.468. The van der Waals surface area contributed by atoms with Gasteiger partial charge in [0, 0.05) is 11.1 Å². The first-order valence-corrected chi connectivity index (χ1v) is 9.69. The first-order valence-electron chi connectivity index (χ1n) is 9.69.